The molecule has 1 aromatic heterocycles. The first kappa shape index (κ1) is 18.2. The van der Waals surface area contributed by atoms with E-state index in [0.29, 0.717) is 10.9 Å². The lowest BCUT2D eigenvalue weighted by atomic mass is 10.1. The summed E-state index contributed by atoms with van der Waals surface area (Å²) < 4.78 is 3.58. The van der Waals surface area contributed by atoms with Crippen molar-refractivity contribution < 1.29 is 10.0 Å². The molecule has 4 rings (SSSR count). The Morgan fingerprint density at radius 1 is 1.19 bits per heavy atom. The van der Waals surface area contributed by atoms with Crippen molar-refractivity contribution in [1.82, 2.24) is 15.2 Å². The number of thiazole rings is 1. The fourth-order valence-corrected chi connectivity index (χ4v) is 4.86. The molecule has 140 valence electrons. The molecule has 2 heterocycles. The van der Waals surface area contributed by atoms with Gasteiger partial charge in [-0.3, -0.25) is 14.7 Å². The molecule has 8 heteroatoms. The smallest absolute Gasteiger partial charge is 0.286 e. The minimum absolute atomic E-state index is 0.416. The molecular formula is C19H20N4O2S2. The number of benzene rings is 2. The lowest BCUT2D eigenvalue weighted by Crippen LogP contribution is -2.40. The highest BCUT2D eigenvalue weighted by Crippen LogP contribution is 2.27. The highest BCUT2D eigenvalue weighted by atomic mass is 32.2. The molecule has 0 aliphatic carbocycles. The molecule has 6 nitrogen and oxygen atoms in total. The van der Waals surface area contributed by atoms with Crippen molar-refractivity contribution in [3.05, 3.63) is 53.5 Å². The number of amides is 1. The van der Waals surface area contributed by atoms with E-state index in [-0.39, 0.29) is 0 Å². The van der Waals surface area contributed by atoms with Crippen molar-refractivity contribution in [2.45, 2.75) is 23.8 Å². The van der Waals surface area contributed by atoms with Gasteiger partial charge in [0.1, 0.15) is 4.88 Å². The topological polar surface area (TPSA) is 77.5 Å². The van der Waals surface area contributed by atoms with Gasteiger partial charge in [-0.15, -0.1) is 0 Å². The van der Waals surface area contributed by atoms with E-state index in [2.05, 4.69) is 57.1 Å². The van der Waals surface area contributed by atoms with Crippen molar-refractivity contribution in [3.8, 4) is 0 Å². The van der Waals surface area contributed by atoms with Gasteiger partial charge in [0.15, 0.2) is 5.13 Å². The molecule has 0 spiro atoms. The molecular weight excluding hydrogens is 380 g/mol. The Morgan fingerprint density at radius 2 is 1.96 bits per heavy atom. The van der Waals surface area contributed by atoms with Crippen molar-refractivity contribution in [2.24, 2.45) is 0 Å². The summed E-state index contributed by atoms with van der Waals surface area (Å²) in [6, 6.07) is 15.3. The number of rotatable bonds is 5. The molecule has 3 N–H and O–H groups in total. The second kappa shape index (κ2) is 8.26. The average Bonchev–Trinajstić information content (AvgIpc) is 3.22. The first-order chi connectivity index (χ1) is 13.2. The molecule has 27 heavy (non-hydrogen) atoms. The van der Waals surface area contributed by atoms with E-state index in [1.807, 2.05) is 0 Å². The zero-order valence-electron chi connectivity index (χ0n) is 14.6. The SMILES string of the molecule is O=C(NO)c1cnc(N2CCC(NSc3ccc4ccccc4c3)CC2)s1. The fraction of sp³-hybridized carbons (Fsp3) is 0.263. The highest BCUT2D eigenvalue weighted by molar-refractivity contribution is 7.97. The maximum absolute atomic E-state index is 11.4. The molecule has 0 radical (unpaired) electrons. The van der Waals surface area contributed by atoms with Crippen LogP contribution in [0.15, 0.2) is 53.6 Å². The van der Waals surface area contributed by atoms with Gasteiger partial charge >= 0.3 is 0 Å². The van der Waals surface area contributed by atoms with Crippen LogP contribution in [-0.2, 0) is 0 Å². The van der Waals surface area contributed by atoms with E-state index in [4.69, 9.17) is 5.21 Å². The van der Waals surface area contributed by atoms with Gasteiger partial charge in [-0.05, 0) is 47.7 Å². The highest BCUT2D eigenvalue weighted by Gasteiger charge is 2.22. The number of piperidine rings is 1. The number of hydrogen-bond donors (Lipinski definition) is 3. The third-order valence-electron chi connectivity index (χ3n) is 4.65. The van der Waals surface area contributed by atoms with E-state index >= 15 is 0 Å². The Labute approximate surface area is 165 Å². The van der Waals surface area contributed by atoms with Gasteiger partial charge in [0.2, 0.25) is 0 Å². The van der Waals surface area contributed by atoms with Gasteiger partial charge in [0.25, 0.3) is 5.91 Å². The lowest BCUT2D eigenvalue weighted by molar-refractivity contribution is 0.0710. The van der Waals surface area contributed by atoms with Crippen LogP contribution < -0.4 is 15.1 Å². The average molecular weight is 401 g/mol. The van der Waals surface area contributed by atoms with E-state index in [1.54, 1.807) is 17.4 Å². The van der Waals surface area contributed by atoms with Gasteiger partial charge in [-0.1, -0.05) is 41.7 Å². The zero-order chi connectivity index (χ0) is 18.6. The number of carbonyl (C=O) groups excluding carboxylic acids is 1. The Morgan fingerprint density at radius 3 is 2.74 bits per heavy atom. The lowest BCUT2D eigenvalue weighted by Gasteiger charge is -2.31. The van der Waals surface area contributed by atoms with Crippen LogP contribution in [0.25, 0.3) is 10.8 Å². The summed E-state index contributed by atoms with van der Waals surface area (Å²) >= 11 is 2.99. The van der Waals surface area contributed by atoms with Crippen molar-refractivity contribution in [2.75, 3.05) is 18.0 Å². The standard InChI is InChI=1S/C19H20N4O2S2/c24-18(21-25)17-12-20-19(26-17)23-9-7-15(8-10-23)22-27-16-6-5-13-3-1-2-4-14(13)11-16/h1-6,11-12,15,22,25H,7-10H2,(H,21,24). The summed E-state index contributed by atoms with van der Waals surface area (Å²) in [5, 5.41) is 12.0. The van der Waals surface area contributed by atoms with E-state index < -0.39 is 5.91 Å². The first-order valence-electron chi connectivity index (χ1n) is 8.79. The third kappa shape index (κ3) is 4.24. The van der Waals surface area contributed by atoms with Crippen LogP contribution in [0.4, 0.5) is 5.13 Å². The number of hydrogen-bond acceptors (Lipinski definition) is 7. The summed E-state index contributed by atoms with van der Waals surface area (Å²) in [5.74, 6) is -0.512. The summed E-state index contributed by atoms with van der Waals surface area (Å²) in [7, 11) is 0. The van der Waals surface area contributed by atoms with Crippen LogP contribution in [0.5, 0.6) is 0 Å². The molecule has 1 amide bonds. The van der Waals surface area contributed by atoms with Crippen LogP contribution in [0.2, 0.25) is 0 Å². The minimum Gasteiger partial charge on any atom is -0.348 e. The van der Waals surface area contributed by atoms with Crippen molar-refractivity contribution >= 4 is 45.1 Å². The molecule has 2 aromatic carbocycles. The van der Waals surface area contributed by atoms with Gasteiger partial charge in [-0.25, -0.2) is 10.5 Å². The fourth-order valence-electron chi connectivity index (χ4n) is 3.14. The van der Waals surface area contributed by atoms with Gasteiger partial charge in [-0.2, -0.15) is 0 Å². The normalized spacial score (nSPS) is 15.2. The van der Waals surface area contributed by atoms with Crippen molar-refractivity contribution in [3.63, 3.8) is 0 Å². The zero-order valence-corrected chi connectivity index (χ0v) is 16.2. The monoisotopic (exact) mass is 400 g/mol. The number of carbonyl (C=O) groups is 1. The van der Waals surface area contributed by atoms with Gasteiger partial charge in [0, 0.05) is 24.0 Å². The predicted molar refractivity (Wildman–Crippen MR) is 110 cm³/mol. The molecule has 1 aliphatic heterocycles. The molecule has 1 fully saturated rings. The minimum atomic E-state index is -0.512. The summed E-state index contributed by atoms with van der Waals surface area (Å²) in [4.78, 5) is 19.6. The largest absolute Gasteiger partial charge is 0.348 e. The predicted octanol–water partition coefficient (Wildman–Crippen LogP) is 3.68. The summed E-state index contributed by atoms with van der Waals surface area (Å²) in [5.41, 5.74) is 1.65. The third-order valence-corrected chi connectivity index (χ3v) is 6.65. The second-order valence-corrected chi connectivity index (χ2v) is 8.36. The number of aromatic nitrogens is 1. The molecule has 0 atom stereocenters. The molecule has 3 aromatic rings. The second-order valence-electron chi connectivity index (χ2n) is 6.44. The van der Waals surface area contributed by atoms with Crippen LogP contribution in [-0.4, -0.2) is 35.2 Å². The van der Waals surface area contributed by atoms with Crippen molar-refractivity contribution in [1.29, 1.82) is 0 Å². The van der Waals surface area contributed by atoms with Gasteiger partial charge in [0.05, 0.1) is 6.20 Å². The number of nitrogens with one attached hydrogen (secondary N) is 2. The Hall–Kier alpha value is -2.13. The summed E-state index contributed by atoms with van der Waals surface area (Å²) in [6.45, 7) is 1.79. The van der Waals surface area contributed by atoms with E-state index in [1.165, 1.54) is 33.2 Å². The maximum Gasteiger partial charge on any atom is 0.286 e. The Balaban J connectivity index is 1.30. The van der Waals surface area contributed by atoms with E-state index in [9.17, 15) is 4.79 Å². The molecule has 0 unspecified atom stereocenters. The maximum atomic E-state index is 11.4. The van der Waals surface area contributed by atoms with Crippen LogP contribution >= 0.6 is 23.3 Å². The number of nitrogens with zero attached hydrogens (tertiary/aromatic N) is 2. The molecule has 0 saturated carbocycles. The quantitative estimate of drug-likeness (QED) is 0.345. The van der Waals surface area contributed by atoms with Gasteiger partial charge < -0.3 is 4.90 Å². The molecule has 1 saturated heterocycles. The molecule has 0 bridgehead atoms. The van der Waals surface area contributed by atoms with Crippen LogP contribution in [0.3, 0.4) is 0 Å². The van der Waals surface area contributed by atoms with E-state index in [0.717, 1.165) is 31.1 Å². The number of fused-ring (bicyclic) bond motifs is 1. The summed E-state index contributed by atoms with van der Waals surface area (Å²) in [6.07, 6.45) is 3.54. The molecule has 1 aliphatic rings. The van der Waals surface area contributed by atoms with Crippen LogP contribution in [0.1, 0.15) is 22.5 Å². The number of hydroxylamine groups is 1. The first-order valence-corrected chi connectivity index (χ1v) is 10.4. The Kier molecular flexibility index (Phi) is 5.58. The number of anilines is 1. The Bertz CT molecular complexity index is 938. The van der Waals surface area contributed by atoms with Crippen LogP contribution in [0, 0.1) is 0 Å².